The Hall–Kier alpha value is -1.95. The number of nitrogens with zero attached hydrogens (tertiary/aromatic N) is 4. The van der Waals surface area contributed by atoms with Gasteiger partial charge in [0.05, 0.1) is 5.69 Å². The lowest BCUT2D eigenvalue weighted by Crippen LogP contribution is -2.42. The molecule has 2 fully saturated rings. The smallest absolute Gasteiger partial charge is 0.225 e. The summed E-state index contributed by atoms with van der Waals surface area (Å²) >= 11 is 0. The van der Waals surface area contributed by atoms with Crippen molar-refractivity contribution < 1.29 is 9.53 Å². The number of piperidine rings is 1. The average Bonchev–Trinajstić information content (AvgIpc) is 3.01. The maximum absolute atomic E-state index is 12.6. The van der Waals surface area contributed by atoms with Gasteiger partial charge in [-0.05, 0) is 38.7 Å². The molecule has 0 radical (unpaired) electrons. The van der Waals surface area contributed by atoms with Crippen LogP contribution < -0.4 is 0 Å². The lowest BCUT2D eigenvalue weighted by Gasteiger charge is -2.35. The predicted molar refractivity (Wildman–Crippen MR) is 89.8 cm³/mol. The van der Waals surface area contributed by atoms with Gasteiger partial charge in [-0.3, -0.25) is 4.79 Å². The van der Waals surface area contributed by atoms with Gasteiger partial charge in [-0.1, -0.05) is 0 Å². The molecule has 0 unspecified atom stereocenters. The molecule has 6 nitrogen and oxygen atoms in total. The van der Waals surface area contributed by atoms with Crippen LogP contribution in [-0.4, -0.2) is 51.7 Å². The molecule has 4 heterocycles. The monoisotopic (exact) mass is 328 g/mol. The van der Waals surface area contributed by atoms with E-state index in [4.69, 9.17) is 9.72 Å². The highest BCUT2D eigenvalue weighted by Crippen LogP contribution is 2.29. The average molecular weight is 328 g/mol. The molecule has 24 heavy (non-hydrogen) atoms. The minimum absolute atomic E-state index is 0.166. The molecule has 6 heteroatoms. The molecular formula is C18H24N4O2. The highest BCUT2D eigenvalue weighted by molar-refractivity contribution is 5.79. The summed E-state index contributed by atoms with van der Waals surface area (Å²) in [5.74, 6) is 0.926. The molecule has 128 valence electrons. The summed E-state index contributed by atoms with van der Waals surface area (Å²) in [4.78, 5) is 19.4. The molecule has 0 aliphatic carbocycles. The Morgan fingerprint density at radius 3 is 2.71 bits per heavy atom. The van der Waals surface area contributed by atoms with Crippen molar-refractivity contribution in [2.24, 2.45) is 5.92 Å². The first-order valence-corrected chi connectivity index (χ1v) is 8.90. The van der Waals surface area contributed by atoms with Gasteiger partial charge in [0.25, 0.3) is 0 Å². The Labute approximate surface area is 141 Å². The molecule has 0 N–H and O–H groups in total. The lowest BCUT2D eigenvalue weighted by atomic mass is 9.91. The van der Waals surface area contributed by atoms with Crippen LogP contribution in [0.2, 0.25) is 0 Å². The van der Waals surface area contributed by atoms with E-state index in [-0.39, 0.29) is 5.92 Å². The summed E-state index contributed by atoms with van der Waals surface area (Å²) < 4.78 is 7.18. The fraction of sp³-hybridized carbons (Fsp3) is 0.611. The van der Waals surface area contributed by atoms with Crippen LogP contribution in [0.5, 0.6) is 0 Å². The molecule has 2 aromatic heterocycles. The van der Waals surface area contributed by atoms with Gasteiger partial charge < -0.3 is 9.64 Å². The van der Waals surface area contributed by atoms with Crippen LogP contribution in [0.15, 0.2) is 18.3 Å². The van der Waals surface area contributed by atoms with Crippen LogP contribution in [-0.2, 0) is 9.53 Å². The fourth-order valence-electron chi connectivity index (χ4n) is 3.84. The van der Waals surface area contributed by atoms with E-state index < -0.39 is 0 Å². The van der Waals surface area contributed by atoms with Crippen LogP contribution in [0.1, 0.15) is 43.0 Å². The molecular weight excluding hydrogens is 304 g/mol. The van der Waals surface area contributed by atoms with Crippen LogP contribution >= 0.6 is 0 Å². The van der Waals surface area contributed by atoms with Gasteiger partial charge in [-0.25, -0.2) is 9.50 Å². The summed E-state index contributed by atoms with van der Waals surface area (Å²) in [7, 11) is 0. The molecule has 0 aromatic carbocycles. The van der Waals surface area contributed by atoms with Crippen molar-refractivity contribution in [1.82, 2.24) is 19.5 Å². The molecule has 4 rings (SSSR count). The molecule has 2 aliphatic heterocycles. The Kier molecular flexibility index (Phi) is 4.22. The van der Waals surface area contributed by atoms with E-state index in [1.165, 1.54) is 0 Å². The summed E-state index contributed by atoms with van der Waals surface area (Å²) in [5, 5.41) is 4.38. The first-order valence-electron chi connectivity index (χ1n) is 8.90. The zero-order valence-electron chi connectivity index (χ0n) is 14.1. The van der Waals surface area contributed by atoms with E-state index in [0.717, 1.165) is 69.0 Å². The molecule has 2 saturated heterocycles. The number of amides is 1. The fourth-order valence-corrected chi connectivity index (χ4v) is 3.84. The standard InChI is InChI=1S/C18H24N4O2/c1-13-12-17-19-16(4-9-22(17)20-13)14-2-7-21(8-3-14)18(23)15-5-10-24-11-6-15/h4,9,12,14-15H,2-3,5-8,10-11H2,1H3. The summed E-state index contributed by atoms with van der Waals surface area (Å²) in [6.07, 6.45) is 5.72. The molecule has 0 bridgehead atoms. The van der Waals surface area contributed by atoms with E-state index in [2.05, 4.69) is 11.2 Å². The Balaban J connectivity index is 1.40. The van der Waals surface area contributed by atoms with Gasteiger partial charge in [0.1, 0.15) is 0 Å². The van der Waals surface area contributed by atoms with Crippen molar-refractivity contribution in [3.05, 3.63) is 29.7 Å². The van der Waals surface area contributed by atoms with E-state index in [1.807, 2.05) is 28.6 Å². The minimum atomic E-state index is 0.166. The SMILES string of the molecule is Cc1cc2nc(C3CCN(C(=O)C4CCOCC4)CC3)ccn2n1. The number of carbonyl (C=O) groups excluding carboxylic acids is 1. The topological polar surface area (TPSA) is 59.7 Å². The van der Waals surface area contributed by atoms with E-state index in [0.29, 0.717) is 11.8 Å². The summed E-state index contributed by atoms with van der Waals surface area (Å²) in [6, 6.07) is 4.08. The number of aromatic nitrogens is 3. The quantitative estimate of drug-likeness (QED) is 0.848. The molecule has 0 spiro atoms. The maximum Gasteiger partial charge on any atom is 0.225 e. The second kappa shape index (κ2) is 6.51. The second-order valence-corrected chi connectivity index (χ2v) is 6.93. The molecule has 0 saturated carbocycles. The van der Waals surface area contributed by atoms with Gasteiger partial charge in [0.15, 0.2) is 5.65 Å². The van der Waals surface area contributed by atoms with Gasteiger partial charge >= 0.3 is 0 Å². The van der Waals surface area contributed by atoms with Crippen LogP contribution in [0.4, 0.5) is 0 Å². The number of fused-ring (bicyclic) bond motifs is 1. The Bertz CT molecular complexity index is 728. The maximum atomic E-state index is 12.6. The van der Waals surface area contributed by atoms with Gasteiger partial charge in [0, 0.05) is 56.1 Å². The number of aryl methyl sites for hydroxylation is 1. The predicted octanol–water partition coefficient (Wildman–Crippen LogP) is 2.17. The molecule has 1 amide bonds. The zero-order valence-corrected chi connectivity index (χ0v) is 14.1. The first-order chi connectivity index (χ1) is 11.7. The van der Waals surface area contributed by atoms with Crippen LogP contribution in [0, 0.1) is 12.8 Å². The Morgan fingerprint density at radius 1 is 1.21 bits per heavy atom. The third-order valence-electron chi connectivity index (χ3n) is 5.26. The minimum Gasteiger partial charge on any atom is -0.381 e. The normalized spacial score (nSPS) is 20.6. The highest BCUT2D eigenvalue weighted by Gasteiger charge is 2.30. The van der Waals surface area contributed by atoms with Crippen molar-refractivity contribution in [1.29, 1.82) is 0 Å². The van der Waals surface area contributed by atoms with Gasteiger partial charge in [0.2, 0.25) is 5.91 Å². The van der Waals surface area contributed by atoms with Crippen molar-refractivity contribution in [3.8, 4) is 0 Å². The molecule has 0 atom stereocenters. The third kappa shape index (κ3) is 3.02. The van der Waals surface area contributed by atoms with E-state index in [9.17, 15) is 4.79 Å². The van der Waals surface area contributed by atoms with Crippen molar-refractivity contribution >= 4 is 11.6 Å². The largest absolute Gasteiger partial charge is 0.381 e. The van der Waals surface area contributed by atoms with Crippen LogP contribution in [0.3, 0.4) is 0 Å². The second-order valence-electron chi connectivity index (χ2n) is 6.93. The van der Waals surface area contributed by atoms with Crippen molar-refractivity contribution in [3.63, 3.8) is 0 Å². The van der Waals surface area contributed by atoms with E-state index >= 15 is 0 Å². The van der Waals surface area contributed by atoms with Gasteiger partial charge in [-0.15, -0.1) is 0 Å². The summed E-state index contributed by atoms with van der Waals surface area (Å²) in [6.45, 7) is 5.11. The summed E-state index contributed by atoms with van der Waals surface area (Å²) in [5.41, 5.74) is 3.02. The molecule has 2 aliphatic rings. The lowest BCUT2D eigenvalue weighted by molar-refractivity contribution is -0.139. The number of likely N-dealkylation sites (tertiary alicyclic amines) is 1. The van der Waals surface area contributed by atoms with Crippen molar-refractivity contribution in [2.45, 2.75) is 38.5 Å². The molecule has 2 aromatic rings. The zero-order chi connectivity index (χ0) is 16.5. The van der Waals surface area contributed by atoms with Crippen molar-refractivity contribution in [2.75, 3.05) is 26.3 Å². The number of ether oxygens (including phenoxy) is 1. The Morgan fingerprint density at radius 2 is 1.96 bits per heavy atom. The number of rotatable bonds is 2. The number of carbonyl (C=O) groups is 1. The number of hydrogen-bond donors (Lipinski definition) is 0. The highest BCUT2D eigenvalue weighted by atomic mass is 16.5. The van der Waals surface area contributed by atoms with Gasteiger partial charge in [-0.2, -0.15) is 5.10 Å². The third-order valence-corrected chi connectivity index (χ3v) is 5.26. The van der Waals surface area contributed by atoms with E-state index in [1.54, 1.807) is 0 Å². The number of hydrogen-bond acceptors (Lipinski definition) is 4. The van der Waals surface area contributed by atoms with Crippen LogP contribution in [0.25, 0.3) is 5.65 Å². The first kappa shape index (κ1) is 15.6.